The lowest BCUT2D eigenvalue weighted by atomic mass is 10.2. The maximum Gasteiger partial charge on any atom is 0.296 e. The number of thioether (sulfide) groups is 1. The summed E-state index contributed by atoms with van der Waals surface area (Å²) in [5.74, 6) is 0.206. The first-order valence-corrected chi connectivity index (χ1v) is 10.2. The number of nitrogens with one attached hydrogen (secondary N) is 1. The van der Waals surface area contributed by atoms with Crippen LogP contribution in [0.25, 0.3) is 11.5 Å². The summed E-state index contributed by atoms with van der Waals surface area (Å²) in [4.78, 5) is 22.9. The Morgan fingerprint density at radius 1 is 1.28 bits per heavy atom. The first-order valence-electron chi connectivity index (χ1n) is 8.39. The molecule has 3 rings (SSSR count). The molecule has 0 aliphatic heterocycles. The van der Waals surface area contributed by atoms with Crippen LogP contribution >= 0.6 is 27.7 Å². The summed E-state index contributed by atoms with van der Waals surface area (Å²) in [5.41, 5.74) is 0.594. The molecular formula is C18H15BrN4O5S. The molecule has 0 atom stereocenters. The van der Waals surface area contributed by atoms with E-state index in [4.69, 9.17) is 9.15 Å². The van der Waals surface area contributed by atoms with Crippen molar-refractivity contribution in [2.75, 3.05) is 17.7 Å². The summed E-state index contributed by atoms with van der Waals surface area (Å²) in [6.45, 7) is 2.16. The van der Waals surface area contributed by atoms with Crippen molar-refractivity contribution in [3.63, 3.8) is 0 Å². The lowest BCUT2D eigenvalue weighted by Gasteiger charge is -2.07. The van der Waals surface area contributed by atoms with Crippen LogP contribution in [-0.2, 0) is 4.79 Å². The second kappa shape index (κ2) is 9.52. The fourth-order valence-corrected chi connectivity index (χ4v) is 3.14. The number of aromatic nitrogens is 2. The summed E-state index contributed by atoms with van der Waals surface area (Å²) >= 11 is 4.39. The van der Waals surface area contributed by atoms with Crippen molar-refractivity contribution in [1.29, 1.82) is 0 Å². The van der Waals surface area contributed by atoms with Gasteiger partial charge in [0.15, 0.2) is 0 Å². The van der Waals surface area contributed by atoms with Crippen LogP contribution in [0.3, 0.4) is 0 Å². The molecule has 0 saturated carbocycles. The minimum Gasteiger partial charge on any atom is -0.494 e. The van der Waals surface area contributed by atoms with E-state index >= 15 is 0 Å². The predicted molar refractivity (Wildman–Crippen MR) is 111 cm³/mol. The smallest absolute Gasteiger partial charge is 0.296 e. The predicted octanol–water partition coefficient (Wildman–Crippen LogP) is 4.54. The van der Waals surface area contributed by atoms with E-state index in [1.165, 1.54) is 12.1 Å². The molecule has 0 bridgehead atoms. The van der Waals surface area contributed by atoms with Crippen LogP contribution in [0.1, 0.15) is 6.92 Å². The molecule has 11 heteroatoms. The van der Waals surface area contributed by atoms with Gasteiger partial charge in [0.25, 0.3) is 10.9 Å². The topological polar surface area (TPSA) is 120 Å². The Balaban J connectivity index is 1.62. The van der Waals surface area contributed by atoms with Crippen LogP contribution in [-0.4, -0.2) is 33.4 Å². The van der Waals surface area contributed by atoms with Crippen LogP contribution in [0.5, 0.6) is 5.75 Å². The minimum absolute atomic E-state index is 0.0493. The molecule has 0 unspecified atom stereocenters. The highest BCUT2D eigenvalue weighted by Gasteiger charge is 2.18. The van der Waals surface area contributed by atoms with Gasteiger partial charge in [0.1, 0.15) is 11.4 Å². The molecule has 0 aliphatic rings. The quantitative estimate of drug-likeness (QED) is 0.284. The number of hydrogen-bond acceptors (Lipinski definition) is 8. The average molecular weight is 479 g/mol. The molecule has 150 valence electrons. The highest BCUT2D eigenvalue weighted by Crippen LogP contribution is 2.30. The second-order valence-corrected chi connectivity index (χ2v) is 7.43. The fourth-order valence-electron chi connectivity index (χ4n) is 2.32. The lowest BCUT2D eigenvalue weighted by molar-refractivity contribution is -0.384. The summed E-state index contributed by atoms with van der Waals surface area (Å²) < 4.78 is 11.7. The van der Waals surface area contributed by atoms with Crippen LogP contribution in [0.2, 0.25) is 0 Å². The zero-order valence-corrected chi connectivity index (χ0v) is 17.5. The summed E-state index contributed by atoms with van der Waals surface area (Å²) in [7, 11) is 0. The Bertz CT molecular complexity index is 1030. The van der Waals surface area contributed by atoms with E-state index < -0.39 is 10.8 Å². The Morgan fingerprint density at radius 2 is 2.03 bits per heavy atom. The number of nitrogens with zero attached hydrogens (tertiary/aromatic N) is 3. The first kappa shape index (κ1) is 20.8. The third kappa shape index (κ3) is 5.55. The van der Waals surface area contributed by atoms with Crippen molar-refractivity contribution >= 4 is 45.0 Å². The summed E-state index contributed by atoms with van der Waals surface area (Å²) in [5, 5.41) is 21.9. The summed E-state index contributed by atoms with van der Waals surface area (Å²) in [6.07, 6.45) is 0. The number of halogens is 1. The van der Waals surface area contributed by atoms with Gasteiger partial charge in [-0.15, -0.1) is 10.2 Å². The zero-order chi connectivity index (χ0) is 20.8. The van der Waals surface area contributed by atoms with Gasteiger partial charge in [-0.25, -0.2) is 0 Å². The lowest BCUT2D eigenvalue weighted by Crippen LogP contribution is -2.15. The number of benzene rings is 2. The van der Waals surface area contributed by atoms with Gasteiger partial charge >= 0.3 is 0 Å². The Labute approximate surface area is 178 Å². The van der Waals surface area contributed by atoms with E-state index in [2.05, 4.69) is 31.4 Å². The largest absolute Gasteiger partial charge is 0.494 e. The molecule has 9 nitrogen and oxygen atoms in total. The number of ether oxygens (including phenoxy) is 1. The SMILES string of the molecule is CCOc1ccc(NC(=O)CSc2nnc(-c3ccc(Br)cc3)o2)c([N+](=O)[O-])c1. The van der Waals surface area contributed by atoms with Crippen molar-refractivity contribution < 1.29 is 18.9 Å². The monoisotopic (exact) mass is 478 g/mol. The molecule has 2 aromatic carbocycles. The Hall–Kier alpha value is -2.92. The van der Waals surface area contributed by atoms with Crippen LogP contribution in [0.15, 0.2) is 56.6 Å². The second-order valence-electron chi connectivity index (χ2n) is 5.59. The molecule has 0 aliphatic carbocycles. The van der Waals surface area contributed by atoms with Gasteiger partial charge in [-0.3, -0.25) is 14.9 Å². The van der Waals surface area contributed by atoms with Crippen molar-refractivity contribution in [1.82, 2.24) is 10.2 Å². The molecule has 1 N–H and O–H groups in total. The summed E-state index contributed by atoms with van der Waals surface area (Å²) in [6, 6.07) is 11.6. The maximum absolute atomic E-state index is 12.2. The van der Waals surface area contributed by atoms with Crippen LogP contribution in [0, 0.1) is 10.1 Å². The number of nitro benzene ring substituents is 1. The van der Waals surface area contributed by atoms with Crippen LogP contribution in [0.4, 0.5) is 11.4 Å². The van der Waals surface area contributed by atoms with Crippen molar-refractivity contribution in [3.05, 3.63) is 57.1 Å². The van der Waals surface area contributed by atoms with E-state index in [1.54, 1.807) is 13.0 Å². The average Bonchev–Trinajstić information content (AvgIpc) is 3.17. The molecule has 1 heterocycles. The van der Waals surface area contributed by atoms with E-state index in [0.29, 0.717) is 18.2 Å². The van der Waals surface area contributed by atoms with E-state index in [-0.39, 0.29) is 22.4 Å². The third-order valence-electron chi connectivity index (χ3n) is 3.58. The molecule has 1 aromatic heterocycles. The van der Waals surface area contributed by atoms with E-state index in [0.717, 1.165) is 21.8 Å². The first-order chi connectivity index (χ1) is 14.0. The minimum atomic E-state index is -0.576. The van der Waals surface area contributed by atoms with Gasteiger partial charge in [0.05, 0.1) is 23.3 Å². The number of rotatable bonds is 8. The van der Waals surface area contributed by atoms with Gasteiger partial charge in [-0.05, 0) is 43.3 Å². The van der Waals surface area contributed by atoms with E-state index in [1.807, 2.05) is 24.3 Å². The number of nitro groups is 1. The number of hydrogen-bond donors (Lipinski definition) is 1. The number of anilines is 1. The van der Waals surface area contributed by atoms with Gasteiger partial charge in [0, 0.05) is 10.0 Å². The standard InChI is InChI=1S/C18H15BrN4O5S/c1-2-27-13-7-8-14(15(9-13)23(25)26)20-16(24)10-29-18-22-21-17(28-18)11-3-5-12(19)6-4-11/h3-9H,2,10H2,1H3,(H,20,24). The van der Waals surface area contributed by atoms with Gasteiger partial charge in [-0.2, -0.15) is 0 Å². The van der Waals surface area contributed by atoms with E-state index in [9.17, 15) is 14.9 Å². The molecule has 0 spiro atoms. The Morgan fingerprint density at radius 3 is 2.72 bits per heavy atom. The van der Waals surface area contributed by atoms with Crippen molar-refractivity contribution in [2.45, 2.75) is 12.1 Å². The molecule has 0 fully saturated rings. The molecule has 29 heavy (non-hydrogen) atoms. The van der Waals surface area contributed by atoms with Crippen LogP contribution < -0.4 is 10.1 Å². The molecule has 0 radical (unpaired) electrons. The van der Waals surface area contributed by atoms with Gasteiger partial charge in [-0.1, -0.05) is 27.7 Å². The molecule has 3 aromatic rings. The van der Waals surface area contributed by atoms with Gasteiger partial charge < -0.3 is 14.5 Å². The molecule has 0 saturated heterocycles. The van der Waals surface area contributed by atoms with Gasteiger partial charge in [0.2, 0.25) is 11.8 Å². The highest BCUT2D eigenvalue weighted by atomic mass is 79.9. The Kier molecular flexibility index (Phi) is 6.83. The third-order valence-corrected chi connectivity index (χ3v) is 4.92. The van der Waals surface area contributed by atoms with Crippen molar-refractivity contribution in [3.8, 4) is 17.2 Å². The number of amides is 1. The number of carbonyl (C=O) groups excluding carboxylic acids is 1. The molecular weight excluding hydrogens is 464 g/mol. The fraction of sp³-hybridized carbons (Fsp3) is 0.167. The number of carbonyl (C=O) groups is 1. The highest BCUT2D eigenvalue weighted by molar-refractivity contribution is 9.10. The van der Waals surface area contributed by atoms with Crippen molar-refractivity contribution in [2.24, 2.45) is 0 Å². The normalized spacial score (nSPS) is 10.6. The maximum atomic E-state index is 12.2. The molecule has 1 amide bonds. The zero-order valence-electron chi connectivity index (χ0n) is 15.1.